The lowest BCUT2D eigenvalue weighted by molar-refractivity contribution is 0.0468. The van der Waals surface area contributed by atoms with Crippen LogP contribution >= 0.6 is 11.6 Å². The Bertz CT molecular complexity index is 283. The zero-order chi connectivity index (χ0) is 9.80. The van der Waals surface area contributed by atoms with E-state index in [4.69, 9.17) is 16.3 Å². The van der Waals surface area contributed by atoms with E-state index in [9.17, 15) is 0 Å². The van der Waals surface area contributed by atoms with Gasteiger partial charge < -0.3 is 15.4 Å². The molecule has 1 heterocycles. The molecule has 1 aromatic carbocycles. The Kier molecular flexibility index (Phi) is 3.24. The summed E-state index contributed by atoms with van der Waals surface area (Å²) >= 11 is 5.78. The summed E-state index contributed by atoms with van der Waals surface area (Å²) in [4.78, 5) is 0. The van der Waals surface area contributed by atoms with Crippen molar-refractivity contribution < 1.29 is 4.74 Å². The smallest absolute Gasteiger partial charge is 0.140 e. The summed E-state index contributed by atoms with van der Waals surface area (Å²) in [5.41, 5.74) is 1.03. The lowest BCUT2D eigenvalue weighted by Crippen LogP contribution is -2.42. The molecule has 0 spiro atoms. The van der Waals surface area contributed by atoms with E-state index >= 15 is 0 Å². The van der Waals surface area contributed by atoms with Crippen LogP contribution in [0.4, 0.5) is 5.69 Å². The Balaban J connectivity index is 1.92. The number of benzene rings is 1. The van der Waals surface area contributed by atoms with Crippen LogP contribution in [0.25, 0.3) is 0 Å². The highest BCUT2D eigenvalue weighted by Crippen LogP contribution is 2.14. The van der Waals surface area contributed by atoms with Gasteiger partial charge in [-0.1, -0.05) is 11.6 Å². The molecule has 2 N–H and O–H groups in total. The van der Waals surface area contributed by atoms with Gasteiger partial charge in [-0.25, -0.2) is 0 Å². The van der Waals surface area contributed by atoms with Gasteiger partial charge in [0.2, 0.25) is 0 Å². The Morgan fingerprint density at radius 1 is 1.36 bits per heavy atom. The van der Waals surface area contributed by atoms with E-state index in [-0.39, 0.29) is 6.23 Å². The fourth-order valence-electron chi connectivity index (χ4n) is 1.39. The molecule has 1 unspecified atom stereocenters. The van der Waals surface area contributed by atoms with E-state index in [0.717, 1.165) is 30.4 Å². The Morgan fingerprint density at radius 3 is 2.79 bits per heavy atom. The van der Waals surface area contributed by atoms with Crippen LogP contribution in [0.1, 0.15) is 0 Å². The Labute approximate surface area is 88.4 Å². The van der Waals surface area contributed by atoms with Crippen molar-refractivity contribution in [2.45, 2.75) is 6.23 Å². The SMILES string of the molecule is Clc1ccc(NC2CNCCO2)cc1. The topological polar surface area (TPSA) is 33.3 Å². The minimum atomic E-state index is 0.0601. The molecular weight excluding hydrogens is 200 g/mol. The first-order valence-corrected chi connectivity index (χ1v) is 5.07. The Morgan fingerprint density at radius 2 is 2.14 bits per heavy atom. The van der Waals surface area contributed by atoms with Crippen LogP contribution in [0.5, 0.6) is 0 Å². The number of anilines is 1. The van der Waals surface area contributed by atoms with Crippen LogP contribution in [0.15, 0.2) is 24.3 Å². The molecule has 0 amide bonds. The molecule has 1 aliphatic rings. The molecule has 0 saturated carbocycles. The molecule has 0 aromatic heterocycles. The molecule has 0 bridgehead atoms. The average Bonchev–Trinajstić information content (AvgIpc) is 2.23. The van der Waals surface area contributed by atoms with Gasteiger partial charge in [0.15, 0.2) is 0 Å². The molecule has 2 rings (SSSR count). The number of nitrogens with one attached hydrogen (secondary N) is 2. The van der Waals surface area contributed by atoms with Crippen LogP contribution in [0, 0.1) is 0 Å². The van der Waals surface area contributed by atoms with Crippen molar-refractivity contribution in [1.29, 1.82) is 0 Å². The quantitative estimate of drug-likeness (QED) is 0.783. The number of hydrogen-bond donors (Lipinski definition) is 2. The maximum Gasteiger partial charge on any atom is 0.140 e. The van der Waals surface area contributed by atoms with Crippen LogP contribution < -0.4 is 10.6 Å². The van der Waals surface area contributed by atoms with E-state index in [0.29, 0.717) is 0 Å². The minimum Gasteiger partial charge on any atom is -0.359 e. The number of ether oxygens (including phenoxy) is 1. The number of rotatable bonds is 2. The van der Waals surface area contributed by atoms with Crippen molar-refractivity contribution in [3.05, 3.63) is 29.3 Å². The van der Waals surface area contributed by atoms with Crippen LogP contribution in [0.2, 0.25) is 5.02 Å². The summed E-state index contributed by atoms with van der Waals surface area (Å²) in [6, 6.07) is 7.61. The normalized spacial score (nSPS) is 21.9. The molecule has 3 nitrogen and oxygen atoms in total. The van der Waals surface area contributed by atoms with Crippen molar-refractivity contribution in [3.8, 4) is 0 Å². The summed E-state index contributed by atoms with van der Waals surface area (Å²) in [6.07, 6.45) is 0.0601. The number of hydrogen-bond acceptors (Lipinski definition) is 3. The lowest BCUT2D eigenvalue weighted by atomic mass is 10.3. The molecule has 1 saturated heterocycles. The lowest BCUT2D eigenvalue weighted by Gasteiger charge is -2.25. The molecule has 14 heavy (non-hydrogen) atoms. The van der Waals surface area contributed by atoms with Crippen molar-refractivity contribution in [2.24, 2.45) is 0 Å². The molecule has 0 aliphatic carbocycles. The first kappa shape index (κ1) is 9.77. The summed E-state index contributed by atoms with van der Waals surface area (Å²) in [5, 5.41) is 7.27. The number of halogens is 1. The average molecular weight is 213 g/mol. The molecule has 1 atom stereocenters. The highest BCUT2D eigenvalue weighted by atomic mass is 35.5. The van der Waals surface area contributed by atoms with Gasteiger partial charge in [0.05, 0.1) is 6.61 Å². The van der Waals surface area contributed by atoms with Crippen molar-refractivity contribution in [2.75, 3.05) is 25.0 Å². The second kappa shape index (κ2) is 4.64. The van der Waals surface area contributed by atoms with Gasteiger partial charge in [-0.2, -0.15) is 0 Å². The largest absolute Gasteiger partial charge is 0.359 e. The van der Waals surface area contributed by atoms with Gasteiger partial charge in [0.1, 0.15) is 6.23 Å². The third-order valence-electron chi connectivity index (χ3n) is 2.10. The third kappa shape index (κ3) is 2.61. The number of morpholine rings is 1. The standard InChI is InChI=1S/C10H13ClN2O/c11-8-1-3-9(4-2-8)13-10-7-12-5-6-14-10/h1-4,10,12-13H,5-7H2. The van der Waals surface area contributed by atoms with Crippen LogP contribution in [0.3, 0.4) is 0 Å². The summed E-state index contributed by atoms with van der Waals surface area (Å²) in [6.45, 7) is 2.52. The minimum absolute atomic E-state index is 0.0601. The van der Waals surface area contributed by atoms with Crippen molar-refractivity contribution >= 4 is 17.3 Å². The Hall–Kier alpha value is -0.770. The molecule has 4 heteroatoms. The van der Waals surface area contributed by atoms with E-state index < -0.39 is 0 Å². The van der Waals surface area contributed by atoms with Gasteiger partial charge in [-0.05, 0) is 24.3 Å². The van der Waals surface area contributed by atoms with E-state index in [2.05, 4.69) is 10.6 Å². The fraction of sp³-hybridized carbons (Fsp3) is 0.400. The van der Waals surface area contributed by atoms with E-state index in [1.165, 1.54) is 0 Å². The third-order valence-corrected chi connectivity index (χ3v) is 2.35. The molecule has 1 aromatic rings. The first-order valence-electron chi connectivity index (χ1n) is 4.69. The van der Waals surface area contributed by atoms with Gasteiger partial charge in [-0.3, -0.25) is 0 Å². The van der Waals surface area contributed by atoms with Crippen molar-refractivity contribution in [1.82, 2.24) is 5.32 Å². The maximum absolute atomic E-state index is 5.78. The van der Waals surface area contributed by atoms with Gasteiger partial charge >= 0.3 is 0 Å². The first-order chi connectivity index (χ1) is 6.84. The highest BCUT2D eigenvalue weighted by Gasteiger charge is 2.11. The second-order valence-electron chi connectivity index (χ2n) is 3.21. The zero-order valence-corrected chi connectivity index (χ0v) is 8.55. The summed E-state index contributed by atoms with van der Waals surface area (Å²) in [5.74, 6) is 0. The molecule has 76 valence electrons. The highest BCUT2D eigenvalue weighted by molar-refractivity contribution is 6.30. The van der Waals surface area contributed by atoms with Crippen LogP contribution in [-0.4, -0.2) is 25.9 Å². The zero-order valence-electron chi connectivity index (χ0n) is 7.79. The summed E-state index contributed by atoms with van der Waals surface area (Å²) in [7, 11) is 0. The molecule has 1 fully saturated rings. The van der Waals surface area contributed by atoms with Gasteiger partial charge in [-0.15, -0.1) is 0 Å². The monoisotopic (exact) mass is 212 g/mol. The van der Waals surface area contributed by atoms with Gasteiger partial charge in [0, 0.05) is 23.8 Å². The van der Waals surface area contributed by atoms with Crippen molar-refractivity contribution in [3.63, 3.8) is 0 Å². The maximum atomic E-state index is 5.78. The predicted molar refractivity (Wildman–Crippen MR) is 57.7 cm³/mol. The fourth-order valence-corrected chi connectivity index (χ4v) is 1.52. The summed E-state index contributed by atoms with van der Waals surface area (Å²) < 4.78 is 5.51. The molecule has 1 aliphatic heterocycles. The van der Waals surface area contributed by atoms with Gasteiger partial charge in [0.25, 0.3) is 0 Å². The molecular formula is C10H13ClN2O. The second-order valence-corrected chi connectivity index (χ2v) is 3.65. The van der Waals surface area contributed by atoms with E-state index in [1.54, 1.807) is 0 Å². The predicted octanol–water partition coefficient (Wildman–Crippen LogP) is 1.70. The van der Waals surface area contributed by atoms with E-state index in [1.807, 2.05) is 24.3 Å². The van der Waals surface area contributed by atoms with Crippen LogP contribution in [-0.2, 0) is 4.74 Å². The molecule has 0 radical (unpaired) electrons.